The summed E-state index contributed by atoms with van der Waals surface area (Å²) in [6.07, 6.45) is 4.19. The Morgan fingerprint density at radius 2 is 1.85 bits per heavy atom. The van der Waals surface area contributed by atoms with Crippen LogP contribution in [-0.2, 0) is 4.79 Å². The minimum Gasteiger partial charge on any atom is -0.304 e. The second kappa shape index (κ2) is 8.24. The maximum atomic E-state index is 10.7. The van der Waals surface area contributed by atoms with Crippen LogP contribution < -0.4 is 0 Å². The van der Waals surface area contributed by atoms with E-state index in [1.165, 1.54) is 13.0 Å². The Bertz CT molecular complexity index is 134. The molecule has 2 heteroatoms. The molecule has 0 aromatic carbocycles. The Kier molecular flexibility index (Phi) is 8.00. The summed E-state index contributed by atoms with van der Waals surface area (Å²) in [5.41, 5.74) is 0. The van der Waals surface area contributed by atoms with Gasteiger partial charge in [0.25, 0.3) is 0 Å². The molecule has 0 fully saturated rings. The lowest BCUT2D eigenvalue weighted by molar-refractivity contribution is -0.117. The summed E-state index contributed by atoms with van der Waals surface area (Å²) in [6.45, 7) is 9.55. The highest BCUT2D eigenvalue weighted by molar-refractivity contribution is 5.75. The van der Waals surface area contributed by atoms with E-state index in [9.17, 15) is 4.79 Å². The highest BCUT2D eigenvalue weighted by Gasteiger charge is 2.00. The molecule has 0 rings (SSSR count). The number of hydrogen-bond acceptors (Lipinski definition) is 2. The van der Waals surface area contributed by atoms with Crippen LogP contribution in [-0.4, -0.2) is 30.3 Å². The van der Waals surface area contributed by atoms with E-state index in [2.05, 4.69) is 18.7 Å². The van der Waals surface area contributed by atoms with E-state index in [-0.39, 0.29) is 0 Å². The Balaban J connectivity index is 3.32. The van der Waals surface area contributed by atoms with Gasteiger partial charge in [0.2, 0.25) is 0 Å². The Morgan fingerprint density at radius 1 is 1.15 bits per heavy atom. The third-order valence-corrected chi connectivity index (χ3v) is 2.24. The Morgan fingerprint density at radius 3 is 2.31 bits per heavy atom. The molecule has 0 aliphatic heterocycles. The van der Waals surface area contributed by atoms with Crippen LogP contribution >= 0.6 is 0 Å². The van der Waals surface area contributed by atoms with Crippen LogP contribution in [0.25, 0.3) is 0 Å². The van der Waals surface area contributed by atoms with Crippen molar-refractivity contribution in [1.82, 2.24) is 4.90 Å². The zero-order valence-electron chi connectivity index (χ0n) is 9.31. The van der Waals surface area contributed by atoms with Gasteiger partial charge in [0.15, 0.2) is 0 Å². The fourth-order valence-electron chi connectivity index (χ4n) is 1.45. The number of unbranched alkanes of at least 4 members (excludes halogenated alkanes) is 1. The van der Waals surface area contributed by atoms with Crippen molar-refractivity contribution >= 4 is 5.78 Å². The van der Waals surface area contributed by atoms with Gasteiger partial charge in [-0.25, -0.2) is 0 Å². The van der Waals surface area contributed by atoms with E-state index >= 15 is 0 Å². The van der Waals surface area contributed by atoms with Gasteiger partial charge in [-0.15, -0.1) is 0 Å². The molecule has 78 valence electrons. The molecule has 0 spiro atoms. The molecular formula is C11H23NO. The predicted molar refractivity (Wildman–Crippen MR) is 56.9 cm³/mol. The van der Waals surface area contributed by atoms with Gasteiger partial charge in [0.05, 0.1) is 0 Å². The average Bonchev–Trinajstić information content (AvgIpc) is 2.10. The van der Waals surface area contributed by atoms with Crippen molar-refractivity contribution in [1.29, 1.82) is 0 Å². The number of ketones is 1. The van der Waals surface area contributed by atoms with Gasteiger partial charge in [-0.2, -0.15) is 0 Å². The predicted octanol–water partition coefficient (Wildman–Crippen LogP) is 2.48. The van der Waals surface area contributed by atoms with E-state index in [1.54, 1.807) is 6.92 Å². The number of nitrogens with zero attached hydrogens (tertiary/aromatic N) is 1. The number of carbonyl (C=O) groups is 1. The van der Waals surface area contributed by atoms with Crippen molar-refractivity contribution in [3.8, 4) is 0 Å². The summed E-state index contributed by atoms with van der Waals surface area (Å²) in [4.78, 5) is 13.1. The zero-order valence-corrected chi connectivity index (χ0v) is 9.31. The molecule has 2 nitrogen and oxygen atoms in total. The fourth-order valence-corrected chi connectivity index (χ4v) is 1.45. The van der Waals surface area contributed by atoms with Gasteiger partial charge in [-0.05, 0) is 45.8 Å². The Hall–Kier alpha value is -0.370. The molecule has 0 aliphatic rings. The molecule has 0 N–H and O–H groups in total. The van der Waals surface area contributed by atoms with Crippen molar-refractivity contribution in [2.45, 2.75) is 46.5 Å². The normalized spacial score (nSPS) is 10.8. The first-order chi connectivity index (χ1) is 6.20. The summed E-state index contributed by atoms with van der Waals surface area (Å²) in [6, 6.07) is 0. The molecular weight excluding hydrogens is 162 g/mol. The Labute approximate surface area is 82.3 Å². The van der Waals surface area contributed by atoms with Gasteiger partial charge in [-0.1, -0.05) is 13.8 Å². The van der Waals surface area contributed by atoms with Gasteiger partial charge < -0.3 is 9.69 Å². The molecule has 0 bridgehead atoms. The second-order valence-corrected chi connectivity index (χ2v) is 3.59. The fraction of sp³-hybridized carbons (Fsp3) is 0.909. The summed E-state index contributed by atoms with van der Waals surface area (Å²) < 4.78 is 0. The SMILES string of the molecule is CCCN(CC)CCCCC(C)=O. The first kappa shape index (κ1) is 12.6. The molecule has 0 aliphatic carbocycles. The number of rotatable bonds is 8. The van der Waals surface area contributed by atoms with Gasteiger partial charge in [-0.3, -0.25) is 0 Å². The maximum Gasteiger partial charge on any atom is 0.129 e. The van der Waals surface area contributed by atoms with Crippen molar-refractivity contribution in [3.63, 3.8) is 0 Å². The van der Waals surface area contributed by atoms with Crippen LogP contribution in [0, 0.1) is 0 Å². The molecule has 0 aromatic heterocycles. The molecule has 0 heterocycles. The van der Waals surface area contributed by atoms with E-state index < -0.39 is 0 Å². The van der Waals surface area contributed by atoms with Crippen LogP contribution in [0.5, 0.6) is 0 Å². The standard InChI is InChI=1S/C11H23NO/c1-4-9-12(5-2)10-7-6-8-11(3)13/h4-10H2,1-3H3. The van der Waals surface area contributed by atoms with Crippen molar-refractivity contribution in [2.75, 3.05) is 19.6 Å². The minimum atomic E-state index is 0.318. The zero-order chi connectivity index (χ0) is 10.1. The molecule has 0 saturated heterocycles. The largest absolute Gasteiger partial charge is 0.304 e. The molecule has 13 heavy (non-hydrogen) atoms. The molecule has 0 unspecified atom stereocenters. The monoisotopic (exact) mass is 185 g/mol. The van der Waals surface area contributed by atoms with E-state index in [0.717, 1.165) is 32.4 Å². The van der Waals surface area contributed by atoms with Crippen LogP contribution in [0.1, 0.15) is 46.5 Å². The van der Waals surface area contributed by atoms with Crippen LogP contribution in [0.2, 0.25) is 0 Å². The highest BCUT2D eigenvalue weighted by atomic mass is 16.1. The van der Waals surface area contributed by atoms with E-state index in [4.69, 9.17) is 0 Å². The van der Waals surface area contributed by atoms with Gasteiger partial charge >= 0.3 is 0 Å². The van der Waals surface area contributed by atoms with Crippen LogP contribution in [0.15, 0.2) is 0 Å². The summed E-state index contributed by atoms with van der Waals surface area (Å²) in [5, 5.41) is 0. The third kappa shape index (κ3) is 7.97. The lowest BCUT2D eigenvalue weighted by Gasteiger charge is -2.18. The van der Waals surface area contributed by atoms with Crippen LogP contribution in [0.3, 0.4) is 0 Å². The summed E-state index contributed by atoms with van der Waals surface area (Å²) >= 11 is 0. The first-order valence-electron chi connectivity index (χ1n) is 5.42. The first-order valence-corrected chi connectivity index (χ1v) is 5.42. The number of Topliss-reactive ketones (excluding diaryl/α,β-unsaturated/α-hetero) is 1. The van der Waals surface area contributed by atoms with Crippen molar-refractivity contribution < 1.29 is 4.79 Å². The lowest BCUT2D eigenvalue weighted by atomic mass is 10.2. The van der Waals surface area contributed by atoms with Crippen LogP contribution in [0.4, 0.5) is 0 Å². The number of carbonyl (C=O) groups excluding carboxylic acids is 1. The van der Waals surface area contributed by atoms with E-state index in [1.807, 2.05) is 0 Å². The quantitative estimate of drug-likeness (QED) is 0.541. The average molecular weight is 185 g/mol. The number of hydrogen-bond donors (Lipinski definition) is 0. The molecule has 0 atom stereocenters. The summed E-state index contributed by atoms with van der Waals surface area (Å²) in [5.74, 6) is 0.318. The smallest absolute Gasteiger partial charge is 0.129 e. The molecule has 0 radical (unpaired) electrons. The maximum absolute atomic E-state index is 10.7. The topological polar surface area (TPSA) is 20.3 Å². The minimum absolute atomic E-state index is 0.318. The molecule has 0 aromatic rings. The highest BCUT2D eigenvalue weighted by Crippen LogP contribution is 2.00. The molecule has 0 amide bonds. The van der Waals surface area contributed by atoms with Crippen molar-refractivity contribution in [2.24, 2.45) is 0 Å². The van der Waals surface area contributed by atoms with Crippen molar-refractivity contribution in [3.05, 3.63) is 0 Å². The molecule has 0 saturated carbocycles. The van der Waals surface area contributed by atoms with E-state index in [0.29, 0.717) is 5.78 Å². The van der Waals surface area contributed by atoms with Gasteiger partial charge in [0.1, 0.15) is 5.78 Å². The lowest BCUT2D eigenvalue weighted by Crippen LogP contribution is -2.25. The summed E-state index contributed by atoms with van der Waals surface area (Å²) in [7, 11) is 0. The second-order valence-electron chi connectivity index (χ2n) is 3.59. The third-order valence-electron chi connectivity index (χ3n) is 2.24. The van der Waals surface area contributed by atoms with Gasteiger partial charge in [0, 0.05) is 6.42 Å².